The lowest BCUT2D eigenvalue weighted by atomic mass is 10.1. The standard InChI is InChI=1S/C16H11F5N4O2/c17-15(18)1-2-24(7-15)14(26)11-4-23-13-10(12-5-22-8-27-12)3-9(6-25(11)13)16(19,20)21/h3-6,8H,1-2,7H2. The fraction of sp³-hybridized carbons (Fsp3) is 0.312. The summed E-state index contributed by atoms with van der Waals surface area (Å²) in [7, 11) is 0. The molecule has 1 aliphatic heterocycles. The summed E-state index contributed by atoms with van der Waals surface area (Å²) in [5, 5.41) is 0. The van der Waals surface area contributed by atoms with Crippen molar-refractivity contribution in [3.63, 3.8) is 0 Å². The molecule has 3 aromatic rings. The van der Waals surface area contributed by atoms with Crippen LogP contribution in [0.15, 0.2) is 35.5 Å². The van der Waals surface area contributed by atoms with Crippen LogP contribution in [-0.2, 0) is 6.18 Å². The number of carbonyl (C=O) groups is 1. The molecule has 1 aliphatic rings. The Labute approximate surface area is 148 Å². The van der Waals surface area contributed by atoms with Crippen molar-refractivity contribution in [2.75, 3.05) is 13.1 Å². The first-order valence-corrected chi connectivity index (χ1v) is 7.80. The first-order valence-electron chi connectivity index (χ1n) is 7.80. The summed E-state index contributed by atoms with van der Waals surface area (Å²) in [6, 6.07) is 0.834. The molecule has 6 nitrogen and oxygen atoms in total. The van der Waals surface area contributed by atoms with Crippen LogP contribution in [0.5, 0.6) is 0 Å². The Hall–Kier alpha value is -2.98. The topological polar surface area (TPSA) is 63.6 Å². The molecular formula is C16H11F5N4O2. The number of rotatable bonds is 2. The molecule has 1 saturated heterocycles. The number of likely N-dealkylation sites (tertiary alicyclic amines) is 1. The minimum atomic E-state index is -4.70. The second-order valence-electron chi connectivity index (χ2n) is 6.18. The predicted molar refractivity (Wildman–Crippen MR) is 81.2 cm³/mol. The van der Waals surface area contributed by atoms with Gasteiger partial charge in [-0.3, -0.25) is 9.20 Å². The van der Waals surface area contributed by atoms with Crippen molar-refractivity contribution in [1.29, 1.82) is 0 Å². The molecule has 1 fully saturated rings. The second kappa shape index (κ2) is 5.76. The van der Waals surface area contributed by atoms with E-state index in [0.717, 1.165) is 28.0 Å². The number of aromatic nitrogens is 3. The number of amides is 1. The molecular weight excluding hydrogens is 375 g/mol. The predicted octanol–water partition coefficient (Wildman–Crippen LogP) is 3.49. The van der Waals surface area contributed by atoms with Crippen LogP contribution >= 0.6 is 0 Å². The summed E-state index contributed by atoms with van der Waals surface area (Å²) >= 11 is 0. The first kappa shape index (κ1) is 17.4. The SMILES string of the molecule is O=C(c1cnc2c(-c3cnco3)cc(C(F)(F)F)cn12)N1CCC(F)(F)C1. The lowest BCUT2D eigenvalue weighted by Gasteiger charge is -2.16. The van der Waals surface area contributed by atoms with Gasteiger partial charge < -0.3 is 9.32 Å². The van der Waals surface area contributed by atoms with Gasteiger partial charge in [-0.25, -0.2) is 18.7 Å². The van der Waals surface area contributed by atoms with Crippen LogP contribution < -0.4 is 0 Å². The molecule has 142 valence electrons. The number of alkyl halides is 5. The van der Waals surface area contributed by atoms with Gasteiger partial charge in [0, 0.05) is 19.2 Å². The van der Waals surface area contributed by atoms with Gasteiger partial charge in [0.2, 0.25) is 0 Å². The fourth-order valence-corrected chi connectivity index (χ4v) is 3.00. The number of nitrogens with zero attached hydrogens (tertiary/aromatic N) is 4. The Morgan fingerprint density at radius 1 is 1.26 bits per heavy atom. The van der Waals surface area contributed by atoms with Crippen LogP contribution in [0.4, 0.5) is 22.0 Å². The molecule has 0 bridgehead atoms. The van der Waals surface area contributed by atoms with Crippen LogP contribution in [0, 0.1) is 0 Å². The third-order valence-electron chi connectivity index (χ3n) is 4.31. The van der Waals surface area contributed by atoms with Crippen LogP contribution in [-0.4, -0.2) is 44.2 Å². The Bertz CT molecular complexity index is 1010. The molecule has 0 atom stereocenters. The van der Waals surface area contributed by atoms with E-state index in [2.05, 4.69) is 9.97 Å². The summed E-state index contributed by atoms with van der Waals surface area (Å²) in [6.45, 7) is -0.972. The summed E-state index contributed by atoms with van der Waals surface area (Å²) in [6.07, 6.45) is -1.15. The van der Waals surface area contributed by atoms with Crippen LogP contribution in [0.2, 0.25) is 0 Å². The summed E-state index contributed by atoms with van der Waals surface area (Å²) in [5.41, 5.74) is -1.28. The van der Waals surface area contributed by atoms with Crippen molar-refractivity contribution in [2.45, 2.75) is 18.5 Å². The van der Waals surface area contributed by atoms with Gasteiger partial charge in [-0.2, -0.15) is 13.2 Å². The smallest absolute Gasteiger partial charge is 0.417 e. The molecule has 3 aromatic heterocycles. The highest BCUT2D eigenvalue weighted by Crippen LogP contribution is 2.35. The summed E-state index contributed by atoms with van der Waals surface area (Å²) < 4.78 is 72.7. The molecule has 0 unspecified atom stereocenters. The van der Waals surface area contributed by atoms with Crippen LogP contribution in [0.25, 0.3) is 17.0 Å². The molecule has 1 amide bonds. The van der Waals surface area contributed by atoms with Crippen molar-refractivity contribution < 1.29 is 31.2 Å². The highest BCUT2D eigenvalue weighted by atomic mass is 19.4. The summed E-state index contributed by atoms with van der Waals surface area (Å²) in [4.78, 5) is 21.2. The number of hydrogen-bond acceptors (Lipinski definition) is 4. The van der Waals surface area contributed by atoms with E-state index in [0.29, 0.717) is 6.20 Å². The molecule has 11 heteroatoms. The van der Waals surface area contributed by atoms with Gasteiger partial charge in [-0.15, -0.1) is 0 Å². The van der Waals surface area contributed by atoms with E-state index in [1.54, 1.807) is 0 Å². The zero-order valence-electron chi connectivity index (χ0n) is 13.5. The van der Waals surface area contributed by atoms with Crippen molar-refractivity contribution in [3.05, 3.63) is 42.3 Å². The van der Waals surface area contributed by atoms with Crippen LogP contribution in [0.3, 0.4) is 0 Å². The largest absolute Gasteiger partial charge is 0.443 e. The highest BCUT2D eigenvalue weighted by Gasteiger charge is 2.41. The maximum absolute atomic E-state index is 13.4. The van der Waals surface area contributed by atoms with E-state index in [1.807, 2.05) is 0 Å². The number of fused-ring (bicyclic) bond motifs is 1. The maximum atomic E-state index is 13.4. The van der Waals surface area contributed by atoms with Crippen molar-refractivity contribution in [1.82, 2.24) is 19.3 Å². The normalized spacial score (nSPS) is 17.0. The summed E-state index contributed by atoms with van der Waals surface area (Å²) in [5.74, 6) is -3.80. The first-order chi connectivity index (χ1) is 12.7. The molecule has 0 saturated carbocycles. The molecule has 0 N–H and O–H groups in total. The third kappa shape index (κ3) is 3.02. The Morgan fingerprint density at radius 2 is 2.04 bits per heavy atom. The number of halogens is 5. The molecule has 4 rings (SSSR count). The fourth-order valence-electron chi connectivity index (χ4n) is 3.00. The van der Waals surface area contributed by atoms with E-state index in [4.69, 9.17) is 4.42 Å². The maximum Gasteiger partial charge on any atom is 0.417 e. The van der Waals surface area contributed by atoms with E-state index in [9.17, 15) is 26.7 Å². The Kier molecular flexibility index (Phi) is 3.72. The number of hydrogen-bond donors (Lipinski definition) is 0. The molecule has 0 radical (unpaired) electrons. The minimum absolute atomic E-state index is 0.0203. The number of pyridine rings is 1. The zero-order valence-corrected chi connectivity index (χ0v) is 13.5. The van der Waals surface area contributed by atoms with Gasteiger partial charge in [-0.1, -0.05) is 0 Å². The second-order valence-corrected chi connectivity index (χ2v) is 6.18. The monoisotopic (exact) mass is 386 g/mol. The highest BCUT2D eigenvalue weighted by molar-refractivity contribution is 5.94. The quantitative estimate of drug-likeness (QED) is 0.633. The third-order valence-corrected chi connectivity index (χ3v) is 4.31. The van der Waals surface area contributed by atoms with Gasteiger partial charge in [0.15, 0.2) is 12.2 Å². The van der Waals surface area contributed by atoms with Crippen molar-refractivity contribution in [2.24, 2.45) is 0 Å². The van der Waals surface area contributed by atoms with Gasteiger partial charge >= 0.3 is 6.18 Å². The molecule has 27 heavy (non-hydrogen) atoms. The number of oxazole rings is 1. The van der Waals surface area contributed by atoms with Crippen molar-refractivity contribution >= 4 is 11.6 Å². The molecule has 0 aromatic carbocycles. The number of imidazole rings is 1. The lowest BCUT2D eigenvalue weighted by Crippen LogP contribution is -2.32. The van der Waals surface area contributed by atoms with E-state index < -0.39 is 36.5 Å². The van der Waals surface area contributed by atoms with Crippen molar-refractivity contribution in [3.8, 4) is 11.3 Å². The average Bonchev–Trinajstić information content (AvgIpc) is 3.31. The Balaban J connectivity index is 1.86. The van der Waals surface area contributed by atoms with E-state index >= 15 is 0 Å². The van der Waals surface area contributed by atoms with E-state index in [-0.39, 0.29) is 29.2 Å². The van der Waals surface area contributed by atoms with Gasteiger partial charge in [0.25, 0.3) is 11.8 Å². The van der Waals surface area contributed by atoms with Gasteiger partial charge in [0.1, 0.15) is 11.3 Å². The van der Waals surface area contributed by atoms with Crippen LogP contribution in [0.1, 0.15) is 22.5 Å². The lowest BCUT2D eigenvalue weighted by molar-refractivity contribution is -0.137. The number of carbonyl (C=O) groups excluding carboxylic acids is 1. The van der Waals surface area contributed by atoms with Gasteiger partial charge in [-0.05, 0) is 6.07 Å². The molecule has 4 heterocycles. The average molecular weight is 386 g/mol. The molecule has 0 spiro atoms. The Morgan fingerprint density at radius 3 is 2.63 bits per heavy atom. The van der Waals surface area contributed by atoms with E-state index in [1.165, 1.54) is 6.20 Å². The van der Waals surface area contributed by atoms with Gasteiger partial charge in [0.05, 0.1) is 30.1 Å². The zero-order chi connectivity index (χ0) is 19.4. The molecule has 0 aliphatic carbocycles. The minimum Gasteiger partial charge on any atom is -0.443 e.